The van der Waals surface area contributed by atoms with Crippen molar-refractivity contribution < 1.29 is 48.0 Å². The summed E-state index contributed by atoms with van der Waals surface area (Å²) in [5, 5.41) is 15.0. The molecular weight excluding hydrogens is 682 g/mol. The van der Waals surface area contributed by atoms with E-state index in [0.717, 1.165) is 11.1 Å². The molecule has 0 spiro atoms. The van der Waals surface area contributed by atoms with Crippen LogP contribution in [0.5, 0.6) is 5.75 Å². The summed E-state index contributed by atoms with van der Waals surface area (Å²) in [6.45, 7) is 7.49. The highest BCUT2D eigenvalue weighted by Crippen LogP contribution is 2.50. The van der Waals surface area contributed by atoms with Gasteiger partial charge in [0.25, 0.3) is 0 Å². The molecule has 1 aromatic carbocycles. The number of nitrogens with zero attached hydrogens (tertiary/aromatic N) is 2. The van der Waals surface area contributed by atoms with E-state index in [9.17, 15) is 24.3 Å². The smallest absolute Gasteiger partial charge is 0.328 e. The van der Waals surface area contributed by atoms with Crippen LogP contribution in [0.1, 0.15) is 58.9 Å². The van der Waals surface area contributed by atoms with Crippen LogP contribution < -0.4 is 15.0 Å². The van der Waals surface area contributed by atoms with Crippen LogP contribution in [0.2, 0.25) is 5.02 Å². The van der Waals surface area contributed by atoms with Gasteiger partial charge in [0.1, 0.15) is 46.3 Å². The molecule has 282 valence electrons. The van der Waals surface area contributed by atoms with Crippen LogP contribution in [0.15, 0.2) is 35.9 Å². The molecule has 2 N–H and O–H groups in total. The minimum atomic E-state index is -1.57. The number of halogens is 1. The first kappa shape index (κ1) is 40.3. The molecule has 1 unspecified atom stereocenters. The van der Waals surface area contributed by atoms with Gasteiger partial charge in [0.2, 0.25) is 11.8 Å². The maximum Gasteiger partial charge on any atom is 0.328 e. The van der Waals surface area contributed by atoms with E-state index >= 15 is 0 Å². The number of carbonyl (C=O) groups excluding carboxylic acids is 4. The number of anilines is 1. The summed E-state index contributed by atoms with van der Waals surface area (Å²) in [7, 11) is 7.80. The topological polar surface area (TPSA) is 156 Å². The van der Waals surface area contributed by atoms with Crippen LogP contribution in [0.25, 0.3) is 0 Å². The molecular formula is C37H52ClN3O10. The van der Waals surface area contributed by atoms with Gasteiger partial charge in [-0.2, -0.15) is 0 Å². The summed E-state index contributed by atoms with van der Waals surface area (Å²) in [6.07, 6.45) is 2.21. The van der Waals surface area contributed by atoms with Crippen molar-refractivity contribution in [2.75, 3.05) is 46.8 Å². The SMILES string of the molecule is CNCCC(=O)N(C)[C@@H](C)C(=O)OC1CC(=O)N(C)c2cc(cc(OC)c2Cl)C/C(C)=C/C=C/[C@@H](OC)[C@]2(O)CC(=O)O[C@@H](C2)[C@@H](C)[C@@H]2O[C@@]12C. The standard InChI is InChI=1S/C37H52ClN3O10/c1-21-11-10-12-28(48-9)37(46)19-27(49-32(44)20-37)22(2)34-36(4,51-34)29(50-35(45)23(3)40(6)30(42)13-14-39-5)18-31(43)41(7)25-16-24(15-21)17-26(47-8)33(25)38/h10-12,16-17,22-23,27-29,34,39,46H,13-15,18-20H2,1-9H3/b12-10+,21-11+/t22-,23+,27+,28-,29?,34+,36+,37-/m1/s1. The summed E-state index contributed by atoms with van der Waals surface area (Å²) in [5.74, 6) is -2.07. The van der Waals surface area contributed by atoms with Crippen molar-refractivity contribution in [2.45, 2.75) is 101 Å². The number of amides is 2. The normalized spacial score (nSPS) is 32.1. The predicted molar refractivity (Wildman–Crippen MR) is 191 cm³/mol. The Bertz CT molecular complexity index is 1550. The third kappa shape index (κ3) is 8.94. The number of carbonyl (C=O) groups is 4. The fraction of sp³-hybridized carbons (Fsp3) is 0.622. The van der Waals surface area contributed by atoms with E-state index in [2.05, 4.69) is 5.32 Å². The molecule has 2 saturated heterocycles. The van der Waals surface area contributed by atoms with E-state index in [4.69, 9.17) is 35.3 Å². The highest BCUT2D eigenvalue weighted by molar-refractivity contribution is 6.35. The van der Waals surface area contributed by atoms with Crippen LogP contribution in [-0.2, 0) is 44.5 Å². The summed E-state index contributed by atoms with van der Waals surface area (Å²) in [5.41, 5.74) is -0.584. The quantitative estimate of drug-likeness (QED) is 0.298. The maximum atomic E-state index is 14.1. The van der Waals surface area contributed by atoms with Gasteiger partial charge >= 0.3 is 11.9 Å². The van der Waals surface area contributed by atoms with Gasteiger partial charge in [0.05, 0.1) is 31.7 Å². The molecule has 14 heteroatoms. The number of epoxide rings is 1. The Morgan fingerprint density at radius 2 is 1.96 bits per heavy atom. The maximum absolute atomic E-state index is 14.1. The number of ether oxygens (including phenoxy) is 5. The van der Waals surface area contributed by atoms with Crippen LogP contribution in [0.4, 0.5) is 5.69 Å². The molecule has 8 atom stereocenters. The lowest BCUT2D eigenvalue weighted by Gasteiger charge is -2.41. The number of methoxy groups -OCH3 is 2. The zero-order valence-corrected chi connectivity index (χ0v) is 31.7. The average Bonchev–Trinajstić information content (AvgIpc) is 3.79. The number of esters is 2. The van der Waals surface area contributed by atoms with Gasteiger partial charge in [-0.15, -0.1) is 0 Å². The minimum absolute atomic E-state index is 0.0637. The fourth-order valence-electron chi connectivity index (χ4n) is 6.88. The van der Waals surface area contributed by atoms with Crippen molar-refractivity contribution in [3.8, 4) is 5.75 Å². The van der Waals surface area contributed by atoms with Gasteiger partial charge in [0, 0.05) is 46.5 Å². The number of hydrogen-bond donors (Lipinski definition) is 2. The van der Waals surface area contributed by atoms with Gasteiger partial charge in [-0.25, -0.2) is 4.79 Å². The third-order valence-electron chi connectivity index (χ3n) is 10.4. The van der Waals surface area contributed by atoms with Crippen molar-refractivity contribution in [3.05, 3.63) is 46.5 Å². The molecule has 0 saturated carbocycles. The lowest BCUT2D eigenvalue weighted by atomic mass is 9.78. The molecule has 1 aromatic rings. The Morgan fingerprint density at radius 1 is 1.25 bits per heavy atom. The van der Waals surface area contributed by atoms with Gasteiger partial charge in [-0.05, 0) is 51.9 Å². The molecule has 3 heterocycles. The number of nitrogens with one attached hydrogen (secondary N) is 1. The van der Waals surface area contributed by atoms with E-state index in [0.29, 0.717) is 24.4 Å². The Morgan fingerprint density at radius 3 is 2.61 bits per heavy atom. The van der Waals surface area contributed by atoms with E-state index in [1.54, 1.807) is 52.2 Å². The molecule has 3 aliphatic rings. The van der Waals surface area contributed by atoms with Gasteiger partial charge in [-0.1, -0.05) is 42.3 Å². The second-order valence-corrected chi connectivity index (χ2v) is 14.5. The summed E-state index contributed by atoms with van der Waals surface area (Å²) >= 11 is 6.75. The second kappa shape index (κ2) is 16.5. The molecule has 51 heavy (non-hydrogen) atoms. The molecule has 3 aliphatic heterocycles. The minimum Gasteiger partial charge on any atom is -0.495 e. The Kier molecular flexibility index (Phi) is 13.0. The summed E-state index contributed by atoms with van der Waals surface area (Å²) < 4.78 is 29.3. The van der Waals surface area contributed by atoms with Crippen LogP contribution >= 0.6 is 11.6 Å². The van der Waals surface area contributed by atoms with E-state index in [-0.39, 0.29) is 36.6 Å². The van der Waals surface area contributed by atoms with Crippen molar-refractivity contribution in [2.24, 2.45) is 5.92 Å². The van der Waals surface area contributed by atoms with E-state index in [1.165, 1.54) is 31.1 Å². The molecule has 2 amide bonds. The van der Waals surface area contributed by atoms with E-state index in [1.807, 2.05) is 19.9 Å². The first-order valence-electron chi connectivity index (χ1n) is 17.2. The van der Waals surface area contributed by atoms with Crippen LogP contribution in [0, 0.1) is 5.92 Å². The number of aliphatic hydroxyl groups is 1. The molecule has 2 fully saturated rings. The van der Waals surface area contributed by atoms with Gasteiger partial charge in [-0.3, -0.25) is 14.4 Å². The lowest BCUT2D eigenvalue weighted by Crippen LogP contribution is -2.53. The van der Waals surface area contributed by atoms with Gasteiger partial charge < -0.3 is 43.9 Å². The Hall–Kier alpha value is -3.49. The predicted octanol–water partition coefficient (Wildman–Crippen LogP) is 3.37. The number of rotatable bonds is 8. The monoisotopic (exact) mass is 733 g/mol. The zero-order chi connectivity index (χ0) is 37.8. The fourth-order valence-corrected chi connectivity index (χ4v) is 7.19. The van der Waals surface area contributed by atoms with Crippen molar-refractivity contribution >= 4 is 41.0 Å². The summed E-state index contributed by atoms with van der Waals surface area (Å²) in [6, 6.07) is 2.64. The first-order valence-corrected chi connectivity index (χ1v) is 17.6. The average molecular weight is 734 g/mol. The van der Waals surface area contributed by atoms with Gasteiger partial charge in [0.15, 0.2) is 0 Å². The molecule has 0 radical (unpaired) electrons. The first-order chi connectivity index (χ1) is 24.0. The lowest BCUT2D eigenvalue weighted by molar-refractivity contribution is -0.187. The van der Waals surface area contributed by atoms with Crippen molar-refractivity contribution in [3.63, 3.8) is 0 Å². The molecule has 13 nitrogen and oxygen atoms in total. The molecule has 0 aliphatic carbocycles. The van der Waals surface area contributed by atoms with E-state index < -0.39 is 65.4 Å². The van der Waals surface area contributed by atoms with Crippen LogP contribution in [0.3, 0.4) is 0 Å². The molecule has 0 aromatic heterocycles. The number of allylic oxidation sites excluding steroid dienone is 3. The number of fused-ring (bicyclic) bond motifs is 5. The molecule has 4 bridgehead atoms. The largest absolute Gasteiger partial charge is 0.495 e. The zero-order valence-electron chi connectivity index (χ0n) is 31.0. The van der Waals surface area contributed by atoms with Crippen molar-refractivity contribution in [1.82, 2.24) is 10.2 Å². The number of likely N-dealkylation sites (N-methyl/N-ethyl adjacent to an activating group) is 1. The Balaban J connectivity index is 1.76. The number of benzene rings is 1. The van der Waals surface area contributed by atoms with Crippen LogP contribution in [-0.4, -0.2) is 117 Å². The highest BCUT2D eigenvalue weighted by Gasteiger charge is 2.64. The van der Waals surface area contributed by atoms with Crippen molar-refractivity contribution in [1.29, 1.82) is 0 Å². The number of hydrogen-bond acceptors (Lipinski definition) is 11. The second-order valence-electron chi connectivity index (χ2n) is 14.1. The third-order valence-corrected chi connectivity index (χ3v) is 10.8. The molecule has 4 rings (SSSR count). The summed E-state index contributed by atoms with van der Waals surface area (Å²) in [4.78, 5) is 56.1. The Labute approximate surface area is 305 Å². The highest BCUT2D eigenvalue weighted by atomic mass is 35.5.